The number of amides is 1. The predicted molar refractivity (Wildman–Crippen MR) is 97.8 cm³/mol. The van der Waals surface area contributed by atoms with Crippen molar-refractivity contribution in [2.75, 3.05) is 13.7 Å². The summed E-state index contributed by atoms with van der Waals surface area (Å²) < 4.78 is 71.7. The molecule has 2 N–H and O–H groups in total. The van der Waals surface area contributed by atoms with Crippen molar-refractivity contribution in [2.24, 2.45) is 0 Å². The molecule has 0 saturated carbocycles. The van der Waals surface area contributed by atoms with E-state index < -0.39 is 22.1 Å². The molecule has 158 valence electrons. The fourth-order valence-corrected chi connectivity index (χ4v) is 3.31. The highest BCUT2D eigenvalue weighted by atomic mass is 32.2. The van der Waals surface area contributed by atoms with E-state index in [1.54, 1.807) is 24.3 Å². The van der Waals surface area contributed by atoms with Crippen LogP contribution in [0.25, 0.3) is 0 Å². The Balaban J connectivity index is 1.81. The van der Waals surface area contributed by atoms with Crippen LogP contribution in [-0.2, 0) is 21.4 Å². The molecule has 0 aliphatic rings. The van der Waals surface area contributed by atoms with Gasteiger partial charge in [0, 0.05) is 19.5 Å². The lowest BCUT2D eigenvalue weighted by molar-refractivity contribution is -0.274. The Morgan fingerprint density at radius 1 is 1.07 bits per heavy atom. The Bertz CT molecular complexity index is 931. The molecule has 0 atom stereocenters. The Morgan fingerprint density at radius 2 is 1.76 bits per heavy atom. The third-order valence-corrected chi connectivity index (χ3v) is 5.11. The highest BCUT2D eigenvalue weighted by molar-refractivity contribution is 7.89. The second-order valence-corrected chi connectivity index (χ2v) is 7.56. The predicted octanol–water partition coefficient (Wildman–Crippen LogP) is 2.58. The summed E-state index contributed by atoms with van der Waals surface area (Å²) in [6.45, 7) is 0.0799. The highest BCUT2D eigenvalue weighted by Gasteiger charge is 2.31. The van der Waals surface area contributed by atoms with Gasteiger partial charge in [-0.3, -0.25) is 4.79 Å². The number of methoxy groups -OCH3 is 1. The monoisotopic (exact) mass is 432 g/mol. The molecule has 0 unspecified atom stereocenters. The Morgan fingerprint density at radius 3 is 2.38 bits per heavy atom. The molecule has 0 spiro atoms. The van der Waals surface area contributed by atoms with Gasteiger partial charge in [0.2, 0.25) is 15.9 Å². The highest BCUT2D eigenvalue weighted by Crippen LogP contribution is 2.23. The van der Waals surface area contributed by atoms with Gasteiger partial charge in [0.25, 0.3) is 0 Å². The molecule has 0 aliphatic carbocycles. The number of alkyl halides is 3. The first kappa shape index (κ1) is 22.5. The van der Waals surface area contributed by atoms with Crippen LogP contribution in [0.15, 0.2) is 53.4 Å². The fourth-order valence-electron chi connectivity index (χ4n) is 2.27. The maximum absolute atomic E-state index is 12.1. The molecule has 0 bridgehead atoms. The van der Waals surface area contributed by atoms with Gasteiger partial charge in [0.05, 0.1) is 12.0 Å². The van der Waals surface area contributed by atoms with Gasteiger partial charge >= 0.3 is 6.36 Å². The number of carbonyl (C=O) groups is 1. The summed E-state index contributed by atoms with van der Waals surface area (Å²) in [5.41, 5.74) is 0.819. The number of sulfonamides is 1. The summed E-state index contributed by atoms with van der Waals surface area (Å²) in [6, 6.07) is 10.8. The van der Waals surface area contributed by atoms with Gasteiger partial charge in [0.1, 0.15) is 11.5 Å². The van der Waals surface area contributed by atoms with Crippen LogP contribution in [0.1, 0.15) is 12.0 Å². The quantitative estimate of drug-likeness (QED) is 0.635. The van der Waals surface area contributed by atoms with Gasteiger partial charge in [-0.1, -0.05) is 12.1 Å². The van der Waals surface area contributed by atoms with Crippen LogP contribution in [0.5, 0.6) is 11.5 Å². The minimum absolute atomic E-state index is 0.113. The van der Waals surface area contributed by atoms with Crippen LogP contribution >= 0.6 is 0 Å². The van der Waals surface area contributed by atoms with Gasteiger partial charge in [-0.05, 0) is 42.0 Å². The lowest BCUT2D eigenvalue weighted by Gasteiger charge is -2.10. The summed E-state index contributed by atoms with van der Waals surface area (Å²) in [7, 11) is -2.45. The zero-order valence-corrected chi connectivity index (χ0v) is 16.1. The van der Waals surface area contributed by atoms with Crippen LogP contribution in [0, 0.1) is 0 Å². The molecular weight excluding hydrogens is 413 g/mol. The molecule has 7 nitrogen and oxygen atoms in total. The van der Waals surface area contributed by atoms with Crippen molar-refractivity contribution >= 4 is 15.9 Å². The number of rotatable bonds is 9. The molecule has 2 aromatic rings. The molecule has 2 rings (SSSR count). The van der Waals surface area contributed by atoms with Gasteiger partial charge < -0.3 is 14.8 Å². The van der Waals surface area contributed by atoms with E-state index in [1.807, 2.05) is 0 Å². The fraction of sp³-hybridized carbons (Fsp3) is 0.278. The molecule has 0 saturated heterocycles. The van der Waals surface area contributed by atoms with Crippen molar-refractivity contribution in [3.63, 3.8) is 0 Å². The van der Waals surface area contributed by atoms with Crippen molar-refractivity contribution in [1.82, 2.24) is 10.0 Å². The van der Waals surface area contributed by atoms with E-state index in [9.17, 15) is 26.4 Å². The second kappa shape index (κ2) is 9.61. The first-order valence-corrected chi connectivity index (χ1v) is 9.82. The van der Waals surface area contributed by atoms with Gasteiger partial charge in [-0.15, -0.1) is 13.2 Å². The lowest BCUT2D eigenvalue weighted by Crippen LogP contribution is -2.30. The summed E-state index contributed by atoms with van der Waals surface area (Å²) in [6.07, 6.45) is -4.98. The largest absolute Gasteiger partial charge is 0.573 e. The zero-order chi connectivity index (χ0) is 21.5. The molecule has 0 fully saturated rings. The van der Waals surface area contributed by atoms with Gasteiger partial charge in [-0.25, -0.2) is 13.1 Å². The first-order valence-electron chi connectivity index (χ1n) is 8.34. The smallest absolute Gasteiger partial charge is 0.497 e. The second-order valence-electron chi connectivity index (χ2n) is 5.80. The number of benzene rings is 2. The van der Waals surface area contributed by atoms with Crippen LogP contribution in [-0.4, -0.2) is 34.3 Å². The van der Waals surface area contributed by atoms with E-state index in [4.69, 9.17) is 4.74 Å². The Kier molecular flexibility index (Phi) is 7.46. The Hall–Kier alpha value is -2.79. The van der Waals surface area contributed by atoms with Crippen molar-refractivity contribution in [1.29, 1.82) is 0 Å². The molecule has 0 radical (unpaired) electrons. The Labute approximate surface area is 165 Å². The van der Waals surface area contributed by atoms with E-state index in [2.05, 4.69) is 14.8 Å². The molecule has 0 heterocycles. The summed E-state index contributed by atoms with van der Waals surface area (Å²) in [5, 5.41) is 2.65. The number of ether oxygens (including phenoxy) is 2. The number of halogens is 3. The van der Waals surface area contributed by atoms with E-state index in [0.29, 0.717) is 5.75 Å². The summed E-state index contributed by atoms with van der Waals surface area (Å²) >= 11 is 0. The van der Waals surface area contributed by atoms with Gasteiger partial charge in [-0.2, -0.15) is 0 Å². The number of hydrogen-bond acceptors (Lipinski definition) is 5. The number of carbonyl (C=O) groups excluding carboxylic acids is 1. The number of hydrogen-bond donors (Lipinski definition) is 2. The first-order chi connectivity index (χ1) is 13.6. The third kappa shape index (κ3) is 7.62. The number of nitrogens with one attached hydrogen (secondary N) is 2. The normalized spacial score (nSPS) is 11.7. The maximum Gasteiger partial charge on any atom is 0.573 e. The van der Waals surface area contributed by atoms with Crippen LogP contribution < -0.4 is 19.5 Å². The molecule has 1 amide bonds. The average molecular weight is 432 g/mol. The molecule has 0 aliphatic heterocycles. The molecule has 11 heteroatoms. The lowest BCUT2D eigenvalue weighted by atomic mass is 10.2. The van der Waals surface area contributed by atoms with Crippen molar-refractivity contribution in [3.8, 4) is 11.5 Å². The SMILES string of the molecule is COc1cccc(CNC(=O)CCNS(=O)(=O)c2ccc(OC(F)(F)F)cc2)c1. The van der Waals surface area contributed by atoms with Crippen molar-refractivity contribution < 1.29 is 35.9 Å². The van der Waals surface area contributed by atoms with Crippen molar-refractivity contribution in [2.45, 2.75) is 24.2 Å². The van der Waals surface area contributed by atoms with E-state index in [1.165, 1.54) is 7.11 Å². The third-order valence-electron chi connectivity index (χ3n) is 3.64. The zero-order valence-electron chi connectivity index (χ0n) is 15.3. The topological polar surface area (TPSA) is 93.7 Å². The minimum atomic E-state index is -4.86. The average Bonchev–Trinajstić information content (AvgIpc) is 2.65. The summed E-state index contributed by atoms with van der Waals surface area (Å²) in [4.78, 5) is 11.6. The summed E-state index contributed by atoms with van der Waals surface area (Å²) in [5.74, 6) is -0.256. The van der Waals surface area contributed by atoms with E-state index in [0.717, 1.165) is 29.8 Å². The van der Waals surface area contributed by atoms with Crippen LogP contribution in [0.4, 0.5) is 13.2 Å². The molecule has 0 aromatic heterocycles. The van der Waals surface area contributed by atoms with Gasteiger partial charge in [0.15, 0.2) is 0 Å². The maximum atomic E-state index is 12.1. The van der Waals surface area contributed by atoms with E-state index in [-0.39, 0.29) is 30.3 Å². The minimum Gasteiger partial charge on any atom is -0.497 e. The molecule has 29 heavy (non-hydrogen) atoms. The van der Waals surface area contributed by atoms with E-state index >= 15 is 0 Å². The standard InChI is InChI=1S/C18H19F3N2O5S/c1-27-15-4-2-3-13(11-15)12-22-17(24)9-10-23-29(25,26)16-7-5-14(6-8-16)28-18(19,20)21/h2-8,11,23H,9-10,12H2,1H3,(H,22,24). The molecular formula is C18H19F3N2O5S. The van der Waals surface area contributed by atoms with Crippen molar-refractivity contribution in [3.05, 3.63) is 54.1 Å². The van der Waals surface area contributed by atoms with Crippen LogP contribution in [0.2, 0.25) is 0 Å². The molecule has 2 aromatic carbocycles. The van der Waals surface area contributed by atoms with Crippen LogP contribution in [0.3, 0.4) is 0 Å².